The molecular weight excluding hydrogens is 256 g/mol. The quantitative estimate of drug-likeness (QED) is 0.898. The Balaban J connectivity index is 1.90. The molecule has 0 bridgehead atoms. The van der Waals surface area contributed by atoms with E-state index in [0.29, 0.717) is 6.04 Å². The van der Waals surface area contributed by atoms with Gasteiger partial charge in [0.2, 0.25) is 0 Å². The predicted octanol–water partition coefficient (Wildman–Crippen LogP) is 3.76. The van der Waals surface area contributed by atoms with Crippen molar-refractivity contribution in [3.05, 3.63) is 64.4 Å². The fourth-order valence-corrected chi connectivity index (χ4v) is 2.24. The van der Waals surface area contributed by atoms with Gasteiger partial charge in [0.25, 0.3) is 0 Å². The molecule has 3 heteroatoms. The Hall–Kier alpha value is -1.38. The lowest BCUT2D eigenvalue weighted by Crippen LogP contribution is -2.28. The third-order valence-corrected chi connectivity index (χ3v) is 3.64. The van der Waals surface area contributed by atoms with Crippen molar-refractivity contribution in [2.45, 2.75) is 32.9 Å². The van der Waals surface area contributed by atoms with Crippen LogP contribution >= 0.6 is 11.6 Å². The largest absolute Gasteiger partial charge is 0.310 e. The van der Waals surface area contributed by atoms with Crippen LogP contribution in [0.2, 0.25) is 5.02 Å². The second kappa shape index (κ2) is 6.69. The number of benzene rings is 1. The van der Waals surface area contributed by atoms with E-state index in [2.05, 4.69) is 30.2 Å². The van der Waals surface area contributed by atoms with Crippen LogP contribution in [0, 0.1) is 6.92 Å². The summed E-state index contributed by atoms with van der Waals surface area (Å²) >= 11 is 6.17. The molecule has 1 N–H and O–H groups in total. The van der Waals surface area contributed by atoms with Crippen LogP contribution in [-0.4, -0.2) is 11.0 Å². The summed E-state index contributed by atoms with van der Waals surface area (Å²) in [6, 6.07) is 10.4. The molecule has 0 saturated heterocycles. The minimum atomic E-state index is 0.375. The molecule has 0 aliphatic rings. The van der Waals surface area contributed by atoms with Gasteiger partial charge in [-0.25, -0.2) is 0 Å². The normalized spacial score (nSPS) is 12.4. The number of hydrogen-bond acceptors (Lipinski definition) is 2. The lowest BCUT2D eigenvalue weighted by atomic mass is 10.1. The molecule has 0 saturated carbocycles. The topological polar surface area (TPSA) is 24.9 Å². The number of nitrogens with zero attached hydrogens (tertiary/aromatic N) is 1. The average molecular weight is 275 g/mol. The Labute approximate surface area is 119 Å². The fourth-order valence-electron chi connectivity index (χ4n) is 2.03. The van der Waals surface area contributed by atoms with Crippen LogP contribution in [0.5, 0.6) is 0 Å². The smallest absolute Gasteiger partial charge is 0.0438 e. The number of hydrogen-bond donors (Lipinski definition) is 1. The molecule has 1 atom stereocenters. The molecule has 1 aromatic carbocycles. The Morgan fingerprint density at radius 3 is 2.74 bits per heavy atom. The zero-order valence-corrected chi connectivity index (χ0v) is 12.1. The van der Waals surface area contributed by atoms with Crippen molar-refractivity contribution in [1.82, 2.24) is 10.3 Å². The molecule has 2 nitrogen and oxygen atoms in total. The summed E-state index contributed by atoms with van der Waals surface area (Å²) in [5.41, 5.74) is 3.70. The number of rotatable bonds is 5. The lowest BCUT2D eigenvalue weighted by molar-refractivity contribution is 0.544. The Kier molecular flexibility index (Phi) is 4.94. The van der Waals surface area contributed by atoms with Crippen LogP contribution in [0.4, 0.5) is 0 Å². The van der Waals surface area contributed by atoms with Gasteiger partial charge in [-0.15, -0.1) is 0 Å². The summed E-state index contributed by atoms with van der Waals surface area (Å²) in [4.78, 5) is 4.16. The summed E-state index contributed by atoms with van der Waals surface area (Å²) in [6.45, 7) is 5.12. The van der Waals surface area contributed by atoms with Gasteiger partial charge in [0, 0.05) is 30.0 Å². The Bertz CT molecular complexity index is 540. The maximum atomic E-state index is 6.17. The van der Waals surface area contributed by atoms with Gasteiger partial charge in [-0.05, 0) is 49.1 Å². The van der Waals surface area contributed by atoms with Crippen LogP contribution in [0.3, 0.4) is 0 Å². The van der Waals surface area contributed by atoms with Crippen molar-refractivity contribution >= 4 is 11.6 Å². The van der Waals surface area contributed by atoms with Crippen molar-refractivity contribution in [3.63, 3.8) is 0 Å². The molecule has 100 valence electrons. The zero-order chi connectivity index (χ0) is 13.7. The minimum absolute atomic E-state index is 0.375. The van der Waals surface area contributed by atoms with Crippen LogP contribution in [0.1, 0.15) is 23.6 Å². The highest BCUT2D eigenvalue weighted by atomic mass is 35.5. The van der Waals surface area contributed by atoms with Crippen LogP contribution in [0.25, 0.3) is 0 Å². The van der Waals surface area contributed by atoms with Crippen molar-refractivity contribution < 1.29 is 0 Å². The molecule has 0 aliphatic carbocycles. The van der Waals surface area contributed by atoms with Gasteiger partial charge >= 0.3 is 0 Å². The average Bonchev–Trinajstić information content (AvgIpc) is 2.40. The molecular formula is C16H19ClN2. The van der Waals surface area contributed by atoms with E-state index in [1.165, 1.54) is 16.7 Å². The predicted molar refractivity (Wildman–Crippen MR) is 80.4 cm³/mol. The Morgan fingerprint density at radius 2 is 2.00 bits per heavy atom. The third-order valence-electron chi connectivity index (χ3n) is 3.27. The van der Waals surface area contributed by atoms with Crippen molar-refractivity contribution in [2.75, 3.05) is 0 Å². The minimum Gasteiger partial charge on any atom is -0.310 e. The van der Waals surface area contributed by atoms with E-state index in [1.54, 1.807) is 0 Å². The molecule has 19 heavy (non-hydrogen) atoms. The maximum absolute atomic E-state index is 6.17. The second-order valence-electron chi connectivity index (χ2n) is 4.88. The summed E-state index contributed by atoms with van der Waals surface area (Å²) in [5, 5.41) is 4.36. The van der Waals surface area contributed by atoms with Gasteiger partial charge in [0.05, 0.1) is 0 Å². The number of nitrogens with one attached hydrogen (secondary N) is 1. The van der Waals surface area contributed by atoms with E-state index in [9.17, 15) is 0 Å². The standard InChI is InChI=1S/C16H19ClN2/c1-12-7-8-18-10-15(12)11-19-13(2)9-14-5-3-4-6-16(14)17/h3-8,10,13,19H,9,11H2,1-2H3. The van der Waals surface area contributed by atoms with E-state index < -0.39 is 0 Å². The van der Waals surface area contributed by atoms with Gasteiger partial charge in [0.1, 0.15) is 0 Å². The molecule has 0 amide bonds. The molecule has 1 aromatic heterocycles. The maximum Gasteiger partial charge on any atom is 0.0438 e. The lowest BCUT2D eigenvalue weighted by Gasteiger charge is -2.15. The number of aromatic nitrogens is 1. The number of halogens is 1. The first-order valence-corrected chi connectivity index (χ1v) is 6.91. The van der Waals surface area contributed by atoms with E-state index in [1.807, 2.05) is 36.7 Å². The number of aryl methyl sites for hydroxylation is 1. The van der Waals surface area contributed by atoms with E-state index in [4.69, 9.17) is 11.6 Å². The highest BCUT2D eigenvalue weighted by molar-refractivity contribution is 6.31. The highest BCUT2D eigenvalue weighted by Crippen LogP contribution is 2.16. The molecule has 0 fully saturated rings. The highest BCUT2D eigenvalue weighted by Gasteiger charge is 2.06. The molecule has 0 aliphatic heterocycles. The summed E-state index contributed by atoms with van der Waals surface area (Å²) in [7, 11) is 0. The van der Waals surface area contributed by atoms with E-state index in [-0.39, 0.29) is 0 Å². The number of pyridine rings is 1. The Morgan fingerprint density at radius 1 is 1.21 bits per heavy atom. The molecule has 0 spiro atoms. The van der Waals surface area contributed by atoms with Crippen LogP contribution in [0.15, 0.2) is 42.7 Å². The first kappa shape index (κ1) is 14.0. The zero-order valence-electron chi connectivity index (χ0n) is 11.4. The fraction of sp³-hybridized carbons (Fsp3) is 0.312. The molecule has 1 unspecified atom stereocenters. The molecule has 2 rings (SSSR count). The van der Waals surface area contributed by atoms with Crippen LogP contribution in [-0.2, 0) is 13.0 Å². The third kappa shape index (κ3) is 4.05. The summed E-state index contributed by atoms with van der Waals surface area (Å²) < 4.78 is 0. The van der Waals surface area contributed by atoms with Gasteiger partial charge in [-0.1, -0.05) is 29.8 Å². The second-order valence-corrected chi connectivity index (χ2v) is 5.29. The summed E-state index contributed by atoms with van der Waals surface area (Å²) in [5.74, 6) is 0. The van der Waals surface area contributed by atoms with Gasteiger partial charge in [0.15, 0.2) is 0 Å². The molecule has 1 heterocycles. The first-order chi connectivity index (χ1) is 9.16. The van der Waals surface area contributed by atoms with Gasteiger partial charge in [-0.3, -0.25) is 4.98 Å². The first-order valence-electron chi connectivity index (χ1n) is 6.53. The monoisotopic (exact) mass is 274 g/mol. The van der Waals surface area contributed by atoms with Crippen molar-refractivity contribution in [3.8, 4) is 0 Å². The van der Waals surface area contributed by atoms with Gasteiger partial charge < -0.3 is 5.32 Å². The molecule has 0 radical (unpaired) electrons. The summed E-state index contributed by atoms with van der Waals surface area (Å²) in [6.07, 6.45) is 4.68. The van der Waals surface area contributed by atoms with Crippen molar-refractivity contribution in [2.24, 2.45) is 0 Å². The van der Waals surface area contributed by atoms with Gasteiger partial charge in [-0.2, -0.15) is 0 Å². The van der Waals surface area contributed by atoms with E-state index in [0.717, 1.165) is 18.0 Å². The van der Waals surface area contributed by atoms with E-state index >= 15 is 0 Å². The van der Waals surface area contributed by atoms with Crippen molar-refractivity contribution in [1.29, 1.82) is 0 Å². The molecule has 2 aromatic rings. The van der Waals surface area contributed by atoms with Crippen LogP contribution < -0.4 is 5.32 Å². The SMILES string of the molecule is Cc1ccncc1CNC(C)Cc1ccccc1Cl.